The van der Waals surface area contributed by atoms with E-state index in [9.17, 15) is 9.59 Å². The molecule has 1 spiro atoms. The van der Waals surface area contributed by atoms with E-state index in [1.54, 1.807) is 13.2 Å². The third-order valence-corrected chi connectivity index (χ3v) is 7.06. The summed E-state index contributed by atoms with van der Waals surface area (Å²) < 4.78 is 12.8. The predicted molar refractivity (Wildman–Crippen MR) is 141 cm³/mol. The molecule has 2 aromatic heterocycles. The zero-order valence-corrected chi connectivity index (χ0v) is 21.6. The van der Waals surface area contributed by atoms with E-state index in [1.807, 2.05) is 37.4 Å². The molecule has 2 fully saturated rings. The second kappa shape index (κ2) is 9.13. The lowest BCUT2D eigenvalue weighted by Gasteiger charge is -2.38. The molecule has 37 heavy (non-hydrogen) atoms. The minimum Gasteiger partial charge on any atom is -0.495 e. The fourth-order valence-corrected chi connectivity index (χ4v) is 5.19. The Kier molecular flexibility index (Phi) is 6.09. The highest BCUT2D eigenvalue weighted by atomic mass is 16.6. The smallest absolute Gasteiger partial charge is 0.412 e. The fourth-order valence-electron chi connectivity index (χ4n) is 5.19. The Bertz CT molecular complexity index is 1350. The maximum absolute atomic E-state index is 12.3. The Balaban J connectivity index is 1.46. The van der Waals surface area contributed by atoms with Crippen LogP contribution in [0.5, 0.6) is 5.75 Å². The van der Waals surface area contributed by atoms with E-state index < -0.39 is 11.7 Å². The first-order valence-electron chi connectivity index (χ1n) is 12.4. The third-order valence-electron chi connectivity index (χ3n) is 7.06. The van der Waals surface area contributed by atoms with Crippen molar-refractivity contribution in [2.75, 3.05) is 42.7 Å². The van der Waals surface area contributed by atoms with Crippen molar-refractivity contribution in [2.24, 2.45) is 5.41 Å². The van der Waals surface area contributed by atoms with Gasteiger partial charge in [-0.1, -0.05) is 6.07 Å². The quantitative estimate of drug-likeness (QED) is 0.489. The van der Waals surface area contributed by atoms with Crippen molar-refractivity contribution in [2.45, 2.75) is 45.6 Å². The Labute approximate surface area is 215 Å². The Morgan fingerprint density at radius 1 is 1.22 bits per heavy atom. The highest BCUT2D eigenvalue weighted by molar-refractivity contribution is 5.93. The summed E-state index contributed by atoms with van der Waals surface area (Å²) in [7, 11) is 1.55. The van der Waals surface area contributed by atoms with Crippen molar-refractivity contribution in [3.63, 3.8) is 0 Å². The molecule has 2 amide bonds. The van der Waals surface area contributed by atoms with Gasteiger partial charge in [0.05, 0.1) is 12.8 Å². The fraction of sp³-hybridized carbons (Fsp3) is 0.462. The summed E-state index contributed by atoms with van der Waals surface area (Å²) in [6, 6.07) is 7.57. The van der Waals surface area contributed by atoms with Crippen LogP contribution in [0.3, 0.4) is 0 Å². The van der Waals surface area contributed by atoms with E-state index in [1.165, 1.54) is 6.33 Å². The molecule has 196 valence electrons. The summed E-state index contributed by atoms with van der Waals surface area (Å²) in [6.07, 6.45) is 3.34. The third kappa shape index (κ3) is 4.85. The first kappa shape index (κ1) is 24.7. The summed E-state index contributed by atoms with van der Waals surface area (Å²) in [5.74, 6) is 1.91. The number of nitrogen functional groups attached to an aromatic ring is 1. The minimum atomic E-state index is -0.617. The molecular weight excluding hydrogens is 474 g/mol. The molecule has 0 radical (unpaired) electrons. The Morgan fingerprint density at radius 3 is 2.62 bits per heavy atom. The summed E-state index contributed by atoms with van der Waals surface area (Å²) in [4.78, 5) is 30.7. The van der Waals surface area contributed by atoms with E-state index in [2.05, 4.69) is 31.7 Å². The average Bonchev–Trinajstić information content (AvgIpc) is 3.40. The number of piperidine rings is 1. The second-order valence-corrected chi connectivity index (χ2v) is 10.8. The molecule has 11 nitrogen and oxygen atoms in total. The molecule has 2 aliphatic rings. The lowest BCUT2D eigenvalue weighted by Crippen LogP contribution is -2.41. The van der Waals surface area contributed by atoms with Crippen molar-refractivity contribution in [3.8, 4) is 16.9 Å². The molecule has 2 saturated heterocycles. The summed E-state index contributed by atoms with van der Waals surface area (Å²) in [5.41, 5.74) is 8.65. The number of hydrogen-bond acceptors (Lipinski definition) is 8. The summed E-state index contributed by atoms with van der Waals surface area (Å²) >= 11 is 0. The molecule has 4 N–H and O–H groups in total. The number of nitrogens with one attached hydrogen (secondary N) is 2. The molecule has 11 heteroatoms. The van der Waals surface area contributed by atoms with Crippen molar-refractivity contribution >= 4 is 34.8 Å². The molecule has 3 aromatic rings. The van der Waals surface area contributed by atoms with Crippen LogP contribution in [0.15, 0.2) is 30.6 Å². The van der Waals surface area contributed by atoms with Gasteiger partial charge in [-0.25, -0.2) is 14.3 Å². The summed E-state index contributed by atoms with van der Waals surface area (Å²) in [6.45, 7) is 7.79. The van der Waals surface area contributed by atoms with E-state index in [4.69, 9.17) is 15.2 Å². The van der Waals surface area contributed by atoms with Gasteiger partial charge in [0.2, 0.25) is 5.91 Å². The first-order valence-corrected chi connectivity index (χ1v) is 12.4. The van der Waals surface area contributed by atoms with Crippen LogP contribution in [0.4, 0.5) is 22.1 Å². The number of carbonyl (C=O) groups is 2. The van der Waals surface area contributed by atoms with Gasteiger partial charge in [0, 0.05) is 31.6 Å². The maximum atomic E-state index is 12.3. The van der Waals surface area contributed by atoms with Gasteiger partial charge >= 0.3 is 6.09 Å². The predicted octanol–water partition coefficient (Wildman–Crippen LogP) is 3.44. The minimum absolute atomic E-state index is 0.0435. The monoisotopic (exact) mass is 507 g/mol. The lowest BCUT2D eigenvalue weighted by atomic mass is 9.78. The average molecular weight is 508 g/mol. The molecule has 0 atom stereocenters. The van der Waals surface area contributed by atoms with Crippen molar-refractivity contribution in [1.82, 2.24) is 19.9 Å². The number of ether oxygens (including phenoxy) is 2. The standard InChI is InChI=1S/C26H33N7O4/c1-25(2,3)37-24(35)31-18-6-5-16(11-19(18)36-4)17-12-21(33-22(17)23(27)29-15-30-33)32-9-7-26(8-10-32)13-20(34)28-14-26/h5-6,11-12,15H,7-10,13-14H2,1-4H3,(H,28,34)(H,31,35)(H2,27,29,30). The molecule has 0 saturated carbocycles. The molecule has 4 heterocycles. The highest BCUT2D eigenvalue weighted by Gasteiger charge is 2.41. The van der Waals surface area contributed by atoms with Gasteiger partial charge in [0.25, 0.3) is 0 Å². The zero-order valence-electron chi connectivity index (χ0n) is 21.6. The van der Waals surface area contributed by atoms with Gasteiger partial charge < -0.3 is 25.4 Å². The number of amides is 2. The Morgan fingerprint density at radius 2 is 1.97 bits per heavy atom. The molecule has 5 rings (SSSR count). The number of rotatable bonds is 4. The van der Waals surface area contributed by atoms with Crippen molar-refractivity contribution in [3.05, 3.63) is 30.6 Å². The van der Waals surface area contributed by atoms with E-state index in [-0.39, 0.29) is 11.3 Å². The molecular formula is C26H33N7O4. The number of benzene rings is 1. The van der Waals surface area contributed by atoms with Crippen LogP contribution in [0.25, 0.3) is 16.6 Å². The molecule has 1 aromatic carbocycles. The van der Waals surface area contributed by atoms with Crippen LogP contribution in [-0.2, 0) is 9.53 Å². The number of aromatic nitrogens is 3. The molecule has 2 aliphatic heterocycles. The number of nitrogens with zero attached hydrogens (tertiary/aromatic N) is 4. The van der Waals surface area contributed by atoms with Crippen LogP contribution in [0.1, 0.15) is 40.0 Å². The number of nitrogens with two attached hydrogens (primary N) is 1. The highest BCUT2D eigenvalue weighted by Crippen LogP contribution is 2.42. The number of methoxy groups -OCH3 is 1. The van der Waals surface area contributed by atoms with E-state index in [0.717, 1.165) is 49.4 Å². The van der Waals surface area contributed by atoms with Crippen LogP contribution in [0.2, 0.25) is 0 Å². The van der Waals surface area contributed by atoms with E-state index in [0.29, 0.717) is 29.2 Å². The maximum Gasteiger partial charge on any atom is 0.412 e. The number of fused-ring (bicyclic) bond motifs is 1. The van der Waals surface area contributed by atoms with Crippen molar-refractivity contribution in [1.29, 1.82) is 0 Å². The molecule has 0 unspecified atom stereocenters. The summed E-state index contributed by atoms with van der Waals surface area (Å²) in [5, 5.41) is 10.3. The lowest BCUT2D eigenvalue weighted by molar-refractivity contribution is -0.119. The van der Waals surface area contributed by atoms with Crippen molar-refractivity contribution < 1.29 is 19.1 Å². The largest absolute Gasteiger partial charge is 0.495 e. The van der Waals surface area contributed by atoms with Gasteiger partial charge in [0.1, 0.15) is 29.0 Å². The molecule has 0 bridgehead atoms. The first-order chi connectivity index (χ1) is 17.6. The number of carbonyl (C=O) groups excluding carboxylic acids is 2. The zero-order chi connectivity index (χ0) is 26.4. The number of anilines is 3. The van der Waals surface area contributed by atoms with Crippen LogP contribution < -0.4 is 26.0 Å². The van der Waals surface area contributed by atoms with Gasteiger partial charge in [-0.15, -0.1) is 0 Å². The van der Waals surface area contributed by atoms with Gasteiger partial charge in [-0.2, -0.15) is 5.10 Å². The van der Waals surface area contributed by atoms with Crippen LogP contribution in [-0.4, -0.2) is 58.9 Å². The van der Waals surface area contributed by atoms with Gasteiger partial charge in [0.15, 0.2) is 5.82 Å². The number of hydrogen-bond donors (Lipinski definition) is 3. The topological polar surface area (TPSA) is 136 Å². The Hall–Kier alpha value is -4.02. The van der Waals surface area contributed by atoms with Crippen LogP contribution >= 0.6 is 0 Å². The van der Waals surface area contributed by atoms with Crippen LogP contribution in [0, 0.1) is 5.41 Å². The van der Waals surface area contributed by atoms with Gasteiger partial charge in [-0.3, -0.25) is 10.1 Å². The SMILES string of the molecule is COc1cc(-c2cc(N3CCC4(CC3)CNC(=O)C4)n3ncnc(N)c23)ccc1NC(=O)OC(C)(C)C. The van der Waals surface area contributed by atoms with Gasteiger partial charge in [-0.05, 0) is 62.8 Å². The normalized spacial score (nSPS) is 17.2. The van der Waals surface area contributed by atoms with E-state index >= 15 is 0 Å². The molecule has 0 aliphatic carbocycles. The second-order valence-electron chi connectivity index (χ2n) is 10.8.